The normalized spacial score (nSPS) is 10.1. The molecule has 0 radical (unpaired) electrons. The predicted molar refractivity (Wildman–Crippen MR) is 82.0 cm³/mol. The predicted octanol–water partition coefficient (Wildman–Crippen LogP) is 1.55. The number of methoxy groups -OCH3 is 1. The van der Waals surface area contributed by atoms with Crippen molar-refractivity contribution in [2.24, 2.45) is 0 Å². The number of nitrogens with zero attached hydrogens (tertiary/aromatic N) is 6. The fourth-order valence-corrected chi connectivity index (χ4v) is 1.93. The van der Waals surface area contributed by atoms with Crippen LogP contribution in [0, 0.1) is 11.3 Å². The molecule has 0 aliphatic rings. The molecule has 0 amide bonds. The average Bonchev–Trinajstić information content (AvgIpc) is 3.09. The summed E-state index contributed by atoms with van der Waals surface area (Å²) in [6.07, 6.45) is 3.35. The first-order valence-corrected chi connectivity index (χ1v) is 6.81. The van der Waals surface area contributed by atoms with Crippen LogP contribution in [-0.4, -0.2) is 32.1 Å². The molecule has 2 aromatic heterocycles. The Kier molecular flexibility index (Phi) is 4.11. The monoisotopic (exact) mass is 307 g/mol. The van der Waals surface area contributed by atoms with Gasteiger partial charge in [-0.1, -0.05) is 5.21 Å². The third kappa shape index (κ3) is 3.41. The van der Waals surface area contributed by atoms with E-state index in [0.717, 1.165) is 17.1 Å². The summed E-state index contributed by atoms with van der Waals surface area (Å²) in [6.45, 7) is 0.442. The molecule has 8 nitrogen and oxygen atoms in total. The zero-order chi connectivity index (χ0) is 16.1. The molecule has 0 aliphatic heterocycles. The molecule has 0 bridgehead atoms. The molecule has 23 heavy (non-hydrogen) atoms. The van der Waals surface area contributed by atoms with Crippen LogP contribution in [0.1, 0.15) is 11.5 Å². The summed E-state index contributed by atoms with van der Waals surface area (Å²) in [6, 6.07) is 11.1. The number of hydrogen-bond acceptors (Lipinski definition) is 7. The van der Waals surface area contributed by atoms with E-state index in [2.05, 4.69) is 25.6 Å². The molecule has 0 saturated carbocycles. The van der Waals surface area contributed by atoms with E-state index >= 15 is 0 Å². The van der Waals surface area contributed by atoms with Crippen molar-refractivity contribution in [1.29, 1.82) is 5.26 Å². The first-order valence-electron chi connectivity index (χ1n) is 6.81. The zero-order valence-electron chi connectivity index (χ0n) is 12.3. The highest BCUT2D eigenvalue weighted by Crippen LogP contribution is 2.14. The molecular formula is C15H13N7O. The fraction of sp³-hybridized carbons (Fsp3) is 0.133. The lowest BCUT2D eigenvalue weighted by Crippen LogP contribution is -2.03. The minimum atomic E-state index is 0.122. The fourth-order valence-electron chi connectivity index (χ4n) is 1.93. The maximum Gasteiger partial charge on any atom is 0.234 e. The van der Waals surface area contributed by atoms with Crippen LogP contribution in [0.4, 0.5) is 5.82 Å². The van der Waals surface area contributed by atoms with Crippen molar-refractivity contribution < 1.29 is 4.74 Å². The summed E-state index contributed by atoms with van der Waals surface area (Å²) in [7, 11) is 1.62. The average molecular weight is 307 g/mol. The Bertz CT molecular complexity index is 836. The van der Waals surface area contributed by atoms with E-state index < -0.39 is 0 Å². The van der Waals surface area contributed by atoms with Crippen LogP contribution >= 0.6 is 0 Å². The number of nitriles is 1. The van der Waals surface area contributed by atoms with E-state index in [0.29, 0.717) is 12.4 Å². The van der Waals surface area contributed by atoms with E-state index in [9.17, 15) is 0 Å². The first kappa shape index (κ1) is 14.5. The van der Waals surface area contributed by atoms with Crippen LogP contribution in [0.5, 0.6) is 5.75 Å². The third-order valence-corrected chi connectivity index (χ3v) is 3.08. The van der Waals surface area contributed by atoms with Gasteiger partial charge in [0.25, 0.3) is 0 Å². The van der Waals surface area contributed by atoms with Crippen molar-refractivity contribution in [2.45, 2.75) is 6.54 Å². The molecule has 1 aromatic carbocycles. The summed E-state index contributed by atoms with van der Waals surface area (Å²) in [5.41, 5.74) is 1.64. The topological polar surface area (TPSA) is 102 Å². The van der Waals surface area contributed by atoms with Gasteiger partial charge in [-0.3, -0.25) is 0 Å². The quantitative estimate of drug-likeness (QED) is 0.763. The van der Waals surface area contributed by atoms with Crippen LogP contribution in [0.15, 0.2) is 42.7 Å². The standard InChI is InChI=1S/C15H13N7O/c1-23-13-4-2-12(3-5-13)22-10-11(20-21-22)9-18-14-6-7-17-15(8-16)19-14/h2-7,10H,9H2,1H3,(H,17,18,19). The molecular weight excluding hydrogens is 294 g/mol. The Morgan fingerprint density at radius 1 is 1.26 bits per heavy atom. The number of hydrogen-bond donors (Lipinski definition) is 1. The van der Waals surface area contributed by atoms with Crippen molar-refractivity contribution in [3.05, 3.63) is 54.2 Å². The van der Waals surface area contributed by atoms with Crippen LogP contribution < -0.4 is 10.1 Å². The number of aromatic nitrogens is 5. The number of nitrogens with one attached hydrogen (secondary N) is 1. The number of rotatable bonds is 5. The summed E-state index contributed by atoms with van der Waals surface area (Å²) in [5.74, 6) is 1.47. The molecule has 1 N–H and O–H groups in total. The van der Waals surface area contributed by atoms with Crippen molar-refractivity contribution in [2.75, 3.05) is 12.4 Å². The molecule has 3 aromatic rings. The van der Waals surface area contributed by atoms with Crippen molar-refractivity contribution in [3.8, 4) is 17.5 Å². The molecule has 8 heteroatoms. The van der Waals surface area contributed by atoms with E-state index in [-0.39, 0.29) is 5.82 Å². The van der Waals surface area contributed by atoms with Gasteiger partial charge in [-0.2, -0.15) is 5.26 Å². The van der Waals surface area contributed by atoms with Crippen LogP contribution in [0.3, 0.4) is 0 Å². The number of ether oxygens (including phenoxy) is 1. The van der Waals surface area contributed by atoms with Gasteiger partial charge < -0.3 is 10.1 Å². The maximum absolute atomic E-state index is 8.78. The van der Waals surface area contributed by atoms with Crippen LogP contribution in [0.25, 0.3) is 5.69 Å². The van der Waals surface area contributed by atoms with E-state index in [1.165, 1.54) is 6.20 Å². The minimum Gasteiger partial charge on any atom is -0.497 e. The van der Waals surface area contributed by atoms with Crippen molar-refractivity contribution in [3.63, 3.8) is 0 Å². The Balaban J connectivity index is 1.68. The van der Waals surface area contributed by atoms with Gasteiger partial charge in [0.15, 0.2) is 0 Å². The van der Waals surface area contributed by atoms with Gasteiger partial charge in [0, 0.05) is 6.20 Å². The zero-order valence-corrected chi connectivity index (χ0v) is 12.3. The van der Waals surface area contributed by atoms with Gasteiger partial charge in [-0.05, 0) is 30.3 Å². The van der Waals surface area contributed by atoms with Crippen molar-refractivity contribution in [1.82, 2.24) is 25.0 Å². The van der Waals surface area contributed by atoms with Gasteiger partial charge in [0.1, 0.15) is 23.3 Å². The lowest BCUT2D eigenvalue weighted by atomic mass is 10.3. The van der Waals surface area contributed by atoms with E-state index in [4.69, 9.17) is 10.00 Å². The Morgan fingerprint density at radius 2 is 2.09 bits per heavy atom. The maximum atomic E-state index is 8.78. The van der Waals surface area contributed by atoms with Gasteiger partial charge in [0.2, 0.25) is 5.82 Å². The lowest BCUT2D eigenvalue weighted by molar-refractivity contribution is 0.414. The second-order valence-electron chi connectivity index (χ2n) is 4.58. The second kappa shape index (κ2) is 6.53. The highest BCUT2D eigenvalue weighted by molar-refractivity contribution is 5.37. The van der Waals surface area contributed by atoms with Gasteiger partial charge in [0.05, 0.1) is 25.5 Å². The van der Waals surface area contributed by atoms with Crippen molar-refractivity contribution >= 4 is 5.82 Å². The van der Waals surface area contributed by atoms with Gasteiger partial charge >= 0.3 is 0 Å². The molecule has 0 atom stereocenters. The Hall–Kier alpha value is -3.47. The van der Waals surface area contributed by atoms with E-state index in [1.807, 2.05) is 36.5 Å². The van der Waals surface area contributed by atoms with Gasteiger partial charge in [-0.15, -0.1) is 5.10 Å². The molecule has 2 heterocycles. The summed E-state index contributed by atoms with van der Waals surface area (Å²) >= 11 is 0. The minimum absolute atomic E-state index is 0.122. The summed E-state index contributed by atoms with van der Waals surface area (Å²) < 4.78 is 6.80. The van der Waals surface area contributed by atoms with Gasteiger partial charge in [-0.25, -0.2) is 14.6 Å². The third-order valence-electron chi connectivity index (χ3n) is 3.08. The summed E-state index contributed by atoms with van der Waals surface area (Å²) in [5, 5.41) is 20.0. The largest absolute Gasteiger partial charge is 0.497 e. The molecule has 114 valence electrons. The molecule has 0 aliphatic carbocycles. The second-order valence-corrected chi connectivity index (χ2v) is 4.58. The highest BCUT2D eigenvalue weighted by Gasteiger charge is 2.04. The Labute approximate surface area is 132 Å². The molecule has 0 unspecified atom stereocenters. The van der Waals surface area contributed by atoms with Crippen LogP contribution in [0.2, 0.25) is 0 Å². The number of anilines is 1. The highest BCUT2D eigenvalue weighted by atomic mass is 16.5. The first-order chi connectivity index (χ1) is 11.3. The SMILES string of the molecule is COc1ccc(-n2cc(CNc3ccnc(C#N)n3)nn2)cc1. The lowest BCUT2D eigenvalue weighted by Gasteiger charge is -2.03. The molecule has 3 rings (SSSR count). The molecule has 0 saturated heterocycles. The molecule has 0 spiro atoms. The Morgan fingerprint density at radius 3 is 2.83 bits per heavy atom. The molecule has 0 fully saturated rings. The summed E-state index contributed by atoms with van der Waals surface area (Å²) in [4.78, 5) is 7.85. The van der Waals surface area contributed by atoms with Crippen LogP contribution in [-0.2, 0) is 6.54 Å². The smallest absolute Gasteiger partial charge is 0.234 e. The van der Waals surface area contributed by atoms with E-state index in [1.54, 1.807) is 17.9 Å². The number of benzene rings is 1.